The predicted octanol–water partition coefficient (Wildman–Crippen LogP) is 2.15. The van der Waals surface area contributed by atoms with Crippen LogP contribution in [-0.2, 0) is 25.7 Å². The molecule has 0 unspecified atom stereocenters. The van der Waals surface area contributed by atoms with Crippen molar-refractivity contribution in [2.75, 3.05) is 55.4 Å². The second-order valence-electron chi connectivity index (χ2n) is 7.08. The van der Waals surface area contributed by atoms with Gasteiger partial charge in [0.2, 0.25) is 11.8 Å². The van der Waals surface area contributed by atoms with Crippen LogP contribution in [0.1, 0.15) is 30.3 Å². The summed E-state index contributed by atoms with van der Waals surface area (Å²) in [6, 6.07) is 9.99. The van der Waals surface area contributed by atoms with E-state index >= 15 is 4.39 Å². The van der Waals surface area contributed by atoms with Crippen LogP contribution in [0, 0.1) is 5.82 Å². The highest BCUT2D eigenvalue weighted by Crippen LogP contribution is 2.28. The molecule has 4 rings (SSSR count). The Hall–Kier alpha value is -3.66. The van der Waals surface area contributed by atoms with Crippen molar-refractivity contribution in [2.24, 2.45) is 0 Å². The molecule has 3 amide bonds. The van der Waals surface area contributed by atoms with Gasteiger partial charge in [0.15, 0.2) is 0 Å². The van der Waals surface area contributed by atoms with Crippen molar-refractivity contribution >= 4 is 29.3 Å². The fraction of sp³-hybridized carbons (Fsp3) is 0.400. The highest BCUT2D eigenvalue weighted by molar-refractivity contribution is 5.90. The van der Waals surface area contributed by atoms with Gasteiger partial charge in [0.1, 0.15) is 18.5 Å². The van der Waals surface area contributed by atoms with Gasteiger partial charge in [-0.05, 0) is 23.8 Å². The van der Waals surface area contributed by atoms with Gasteiger partial charge in [-0.15, -0.1) is 0 Å². The van der Waals surface area contributed by atoms with Crippen molar-refractivity contribution in [3.05, 3.63) is 59.9 Å². The predicted molar refractivity (Wildman–Crippen MR) is 128 cm³/mol. The molecule has 0 aromatic heterocycles. The number of ether oxygens (including phenoxy) is 2. The Morgan fingerprint density at radius 2 is 1.97 bits per heavy atom. The van der Waals surface area contributed by atoms with E-state index in [1.54, 1.807) is 35.6 Å². The van der Waals surface area contributed by atoms with E-state index in [0.717, 1.165) is 6.92 Å². The smallest absolute Gasteiger partial charge is 0.414 e. The molecule has 2 aliphatic rings. The minimum absolute atomic E-state index is 0.0282. The summed E-state index contributed by atoms with van der Waals surface area (Å²) < 4.78 is 135. The number of halogens is 1. The van der Waals surface area contributed by atoms with Crippen LogP contribution in [0.4, 0.5) is 20.6 Å². The quantitative estimate of drug-likeness (QED) is 0.601. The van der Waals surface area contributed by atoms with Crippen LogP contribution in [0.2, 0.25) is 0 Å². The van der Waals surface area contributed by atoms with Crippen molar-refractivity contribution in [3.63, 3.8) is 0 Å². The van der Waals surface area contributed by atoms with Gasteiger partial charge in [-0.1, -0.05) is 30.3 Å². The first-order valence-electron chi connectivity index (χ1n) is 16.7. The molecule has 9 nitrogen and oxygen atoms in total. The first-order chi connectivity index (χ1) is 21.8. The number of anilines is 2. The van der Waals surface area contributed by atoms with Crippen LogP contribution in [0.3, 0.4) is 0 Å². The van der Waals surface area contributed by atoms with E-state index in [9.17, 15) is 14.4 Å². The molecule has 0 spiro atoms. The van der Waals surface area contributed by atoms with Crippen LogP contribution in [0.5, 0.6) is 0 Å². The molecule has 2 heterocycles. The summed E-state index contributed by atoms with van der Waals surface area (Å²) in [7, 11) is 0. The largest absolute Gasteiger partial charge is 0.442 e. The van der Waals surface area contributed by atoms with E-state index in [1.807, 2.05) is 0 Å². The maximum absolute atomic E-state index is 15.8. The lowest BCUT2D eigenvalue weighted by molar-refractivity contribution is -0.136. The molecular weight excluding hydrogens is 455 g/mol. The molecule has 2 aromatic carbocycles. The van der Waals surface area contributed by atoms with Crippen molar-refractivity contribution in [1.29, 1.82) is 0 Å². The van der Waals surface area contributed by atoms with Gasteiger partial charge >= 0.3 is 6.09 Å². The normalized spacial score (nSPS) is 33.1. The first kappa shape index (κ1) is 12.9. The van der Waals surface area contributed by atoms with Gasteiger partial charge in [0.05, 0.1) is 48.8 Å². The SMILES string of the molecule is [2H]C1([2H])N(C(=O)COCc2ccccc2)C([2H])([2H])C([2H])([2H])N(c2ccc(N3C(=O)O[C@@]([2H])(C([2H])([2H])NC(C)=O)C3([2H])[2H])cc2F)C1([2H])[2H]. The van der Waals surface area contributed by atoms with Crippen LogP contribution in [-0.4, -0.2) is 74.5 Å². The monoisotopic (exact) mass is 497 g/mol. The van der Waals surface area contributed by atoms with Crippen LogP contribution in [0.15, 0.2) is 48.5 Å². The molecule has 2 fully saturated rings. The van der Waals surface area contributed by atoms with Crippen LogP contribution < -0.4 is 15.1 Å². The summed E-state index contributed by atoms with van der Waals surface area (Å²) in [5.74, 6) is -4.15. The molecule has 2 aromatic rings. The standard InChI is InChI=1S/C25H29FN4O5/c1-18(31)27-14-21-15-30(25(33)35-21)20-7-8-23(22(26)13-20)28-9-11-29(12-10-28)24(32)17-34-16-19-5-3-2-4-6-19/h2-8,13,21H,9-12,14-17H2,1H3,(H,27,31)/t21-/m0/s1/i9D2,10D2,11D2,12D2,14D2,15D2,21D. The van der Waals surface area contributed by atoms with Crippen molar-refractivity contribution < 1.29 is 46.1 Å². The number of amides is 3. The van der Waals surface area contributed by atoms with Crippen molar-refractivity contribution in [2.45, 2.75) is 19.6 Å². The number of cyclic esters (lactones) is 1. The number of benzene rings is 2. The molecule has 1 atom stereocenters. The Balaban J connectivity index is 1.70. The van der Waals surface area contributed by atoms with Gasteiger partial charge in [-0.25, -0.2) is 9.18 Å². The zero-order valence-corrected chi connectivity index (χ0v) is 18.3. The number of carbonyl (C=O) groups is 3. The van der Waals surface area contributed by atoms with E-state index in [2.05, 4.69) is 4.74 Å². The minimum Gasteiger partial charge on any atom is -0.442 e. The third kappa shape index (κ3) is 6.27. The molecule has 1 N–H and O–H groups in total. The third-order valence-corrected chi connectivity index (χ3v) is 4.50. The van der Waals surface area contributed by atoms with Crippen LogP contribution in [0.25, 0.3) is 0 Å². The van der Waals surface area contributed by atoms with E-state index in [-0.39, 0.29) is 21.3 Å². The Morgan fingerprint density at radius 3 is 2.66 bits per heavy atom. The number of nitrogens with zero attached hydrogens (tertiary/aromatic N) is 3. The molecule has 0 aliphatic carbocycles. The minimum atomic E-state index is -3.70. The zero-order chi connectivity index (χ0) is 36.5. The fourth-order valence-electron chi connectivity index (χ4n) is 2.88. The summed E-state index contributed by atoms with van der Waals surface area (Å²) in [4.78, 5) is 36.9. The van der Waals surface area contributed by atoms with Gasteiger partial charge in [0.25, 0.3) is 0 Å². The lowest BCUT2D eigenvalue weighted by Gasteiger charge is -2.36. The summed E-state index contributed by atoms with van der Waals surface area (Å²) in [6.45, 7) is -21.8. The molecule has 35 heavy (non-hydrogen) atoms. The Kier molecular flexibility index (Phi) is 4.11. The Labute approximate surface area is 221 Å². The molecule has 10 heteroatoms. The third-order valence-electron chi connectivity index (χ3n) is 4.50. The highest BCUT2D eigenvalue weighted by Gasteiger charge is 2.33. The Morgan fingerprint density at radius 1 is 1.23 bits per heavy atom. The molecule has 2 aliphatic heterocycles. The number of hydrogen-bond acceptors (Lipinski definition) is 6. The maximum Gasteiger partial charge on any atom is 0.414 e. The van der Waals surface area contributed by atoms with E-state index in [4.69, 9.17) is 22.6 Å². The molecule has 186 valence electrons. The zero-order valence-electron chi connectivity index (χ0n) is 31.3. The molecule has 0 bridgehead atoms. The number of nitrogens with one attached hydrogen (secondary N) is 1. The van der Waals surface area contributed by atoms with Crippen molar-refractivity contribution in [3.8, 4) is 0 Å². The second kappa shape index (κ2) is 11.2. The van der Waals surface area contributed by atoms with E-state index in [0.29, 0.717) is 23.8 Å². The first-order valence-corrected chi connectivity index (χ1v) is 10.2. The summed E-state index contributed by atoms with van der Waals surface area (Å²) in [6.07, 6.45) is -5.15. The topological polar surface area (TPSA) is 91.4 Å². The summed E-state index contributed by atoms with van der Waals surface area (Å²) in [5.41, 5.74) is -1.27. The van der Waals surface area contributed by atoms with E-state index in [1.165, 1.54) is 0 Å². The fourth-order valence-corrected chi connectivity index (χ4v) is 2.88. The number of piperazine rings is 1. The Bertz CT molecular complexity index is 1590. The van der Waals surface area contributed by atoms with Crippen molar-refractivity contribution in [1.82, 2.24) is 10.2 Å². The molecule has 0 radical (unpaired) electrons. The van der Waals surface area contributed by atoms with Gasteiger partial charge < -0.3 is 24.6 Å². The molecule has 2 saturated heterocycles. The summed E-state index contributed by atoms with van der Waals surface area (Å²) >= 11 is 0. The number of rotatable bonds is 8. The number of hydrogen-bond donors (Lipinski definition) is 1. The summed E-state index contributed by atoms with van der Waals surface area (Å²) in [5, 5.41) is 1.67. The maximum atomic E-state index is 15.8. The lowest BCUT2D eigenvalue weighted by Crippen LogP contribution is -2.50. The van der Waals surface area contributed by atoms with Gasteiger partial charge in [0, 0.05) is 32.9 Å². The average Bonchev–Trinajstić information content (AvgIpc) is 3.12. The van der Waals surface area contributed by atoms with E-state index < -0.39 is 86.8 Å². The molecule has 0 saturated carbocycles. The lowest BCUT2D eigenvalue weighted by atomic mass is 10.2. The molecular formula is C25H29FN4O5. The average molecular weight is 498 g/mol. The van der Waals surface area contributed by atoms with Gasteiger partial charge in [-0.2, -0.15) is 0 Å². The highest BCUT2D eigenvalue weighted by atomic mass is 19.1. The van der Waals surface area contributed by atoms with Crippen LogP contribution >= 0.6 is 0 Å². The van der Waals surface area contributed by atoms with Gasteiger partial charge in [-0.3, -0.25) is 14.5 Å². The second-order valence-corrected chi connectivity index (χ2v) is 7.08. The number of carbonyl (C=O) groups excluding carboxylic acids is 3.